The first kappa shape index (κ1) is 13.2. The summed E-state index contributed by atoms with van der Waals surface area (Å²) in [4.78, 5) is 29.3. The zero-order valence-corrected chi connectivity index (χ0v) is 12.0. The second-order valence-electron chi connectivity index (χ2n) is 6.10. The van der Waals surface area contributed by atoms with Gasteiger partial charge in [-0.3, -0.25) is 10.7 Å². The molecule has 2 N–H and O–H groups in total. The molecule has 7 nitrogen and oxygen atoms in total. The number of rotatable bonds is 1. The highest BCUT2D eigenvalue weighted by molar-refractivity contribution is 6.08. The van der Waals surface area contributed by atoms with Crippen LogP contribution in [-0.4, -0.2) is 71.4 Å². The number of piperidine rings is 1. The third-order valence-electron chi connectivity index (χ3n) is 4.53. The molecular weight excluding hydrogens is 258 g/mol. The van der Waals surface area contributed by atoms with Gasteiger partial charge in [0, 0.05) is 33.2 Å². The molecule has 1 spiro atoms. The van der Waals surface area contributed by atoms with Crippen LogP contribution in [0, 0.1) is 5.41 Å². The minimum absolute atomic E-state index is 0.00151. The molecule has 2 aliphatic heterocycles. The van der Waals surface area contributed by atoms with Crippen LogP contribution in [0.5, 0.6) is 0 Å². The topological polar surface area (TPSA) is 79.7 Å². The van der Waals surface area contributed by atoms with E-state index in [9.17, 15) is 9.59 Å². The summed E-state index contributed by atoms with van der Waals surface area (Å²) in [6.07, 6.45) is 3.37. The number of carbonyl (C=O) groups excluding carboxylic acids is 2. The average Bonchev–Trinajstić information content (AvgIpc) is 3.19. The molecule has 3 aliphatic rings. The molecule has 0 radical (unpaired) electrons. The Balaban J connectivity index is 1.76. The van der Waals surface area contributed by atoms with Gasteiger partial charge in [0.15, 0.2) is 0 Å². The fourth-order valence-corrected chi connectivity index (χ4v) is 3.29. The van der Waals surface area contributed by atoms with Crippen LogP contribution in [0.4, 0.5) is 9.59 Å². The van der Waals surface area contributed by atoms with E-state index in [4.69, 9.17) is 5.41 Å². The first-order valence-corrected chi connectivity index (χ1v) is 7.11. The van der Waals surface area contributed by atoms with E-state index in [1.54, 1.807) is 23.9 Å². The molecule has 2 heterocycles. The largest absolute Gasteiger partial charge is 0.331 e. The van der Waals surface area contributed by atoms with E-state index in [-0.39, 0.29) is 18.1 Å². The van der Waals surface area contributed by atoms with Crippen LogP contribution in [0.2, 0.25) is 0 Å². The van der Waals surface area contributed by atoms with E-state index in [1.807, 2.05) is 4.90 Å². The maximum absolute atomic E-state index is 12.0. The van der Waals surface area contributed by atoms with E-state index in [1.165, 1.54) is 0 Å². The number of nitrogens with zero attached hydrogens (tertiary/aromatic N) is 3. The van der Waals surface area contributed by atoms with Crippen molar-refractivity contribution in [3.05, 3.63) is 0 Å². The summed E-state index contributed by atoms with van der Waals surface area (Å²) in [7, 11) is 3.48. The van der Waals surface area contributed by atoms with Crippen molar-refractivity contribution in [2.45, 2.75) is 37.3 Å². The predicted octanol–water partition coefficient (Wildman–Crippen LogP) is 0.667. The van der Waals surface area contributed by atoms with Crippen LogP contribution in [0.3, 0.4) is 0 Å². The summed E-state index contributed by atoms with van der Waals surface area (Å²) < 4.78 is 0. The number of carbonyl (C=O) groups is 2. The van der Waals surface area contributed by atoms with Crippen molar-refractivity contribution in [3.8, 4) is 0 Å². The van der Waals surface area contributed by atoms with Crippen molar-refractivity contribution in [3.63, 3.8) is 0 Å². The summed E-state index contributed by atoms with van der Waals surface area (Å²) in [6.45, 7) is 1.19. The highest BCUT2D eigenvalue weighted by atomic mass is 16.2. The molecule has 110 valence electrons. The average molecular weight is 279 g/mol. The first-order valence-electron chi connectivity index (χ1n) is 7.11. The summed E-state index contributed by atoms with van der Waals surface area (Å²) in [6, 6.07) is 0.153. The smallest absolute Gasteiger partial charge is 0.323 e. The second kappa shape index (κ2) is 4.36. The van der Waals surface area contributed by atoms with E-state index in [0.29, 0.717) is 31.8 Å². The fourth-order valence-electron chi connectivity index (χ4n) is 3.29. The fraction of sp³-hybridized carbons (Fsp3) is 0.769. The lowest BCUT2D eigenvalue weighted by atomic mass is 9.85. The molecule has 2 saturated heterocycles. The lowest BCUT2D eigenvalue weighted by Crippen LogP contribution is -2.58. The normalized spacial score (nSPS) is 25.1. The van der Waals surface area contributed by atoms with Crippen molar-refractivity contribution in [2.24, 2.45) is 0 Å². The number of likely N-dealkylation sites (tertiary alicyclic amines) is 1. The Morgan fingerprint density at radius 3 is 2.45 bits per heavy atom. The molecule has 1 aliphatic carbocycles. The number of hydrogen-bond acceptors (Lipinski definition) is 3. The van der Waals surface area contributed by atoms with Crippen LogP contribution in [0.25, 0.3) is 0 Å². The number of hydrogen-bond donors (Lipinski definition) is 2. The minimum atomic E-state index is -0.499. The maximum Gasteiger partial charge on any atom is 0.323 e. The van der Waals surface area contributed by atoms with Crippen LogP contribution < -0.4 is 5.32 Å². The van der Waals surface area contributed by atoms with Gasteiger partial charge >= 0.3 is 12.1 Å². The van der Waals surface area contributed by atoms with Crippen molar-refractivity contribution in [1.82, 2.24) is 20.0 Å². The maximum atomic E-state index is 12.0. The van der Waals surface area contributed by atoms with Gasteiger partial charge in [0.25, 0.3) is 0 Å². The van der Waals surface area contributed by atoms with Crippen molar-refractivity contribution in [2.75, 3.05) is 27.2 Å². The Labute approximate surface area is 118 Å². The molecule has 7 heteroatoms. The molecule has 0 atom stereocenters. The van der Waals surface area contributed by atoms with Crippen LogP contribution in [0.1, 0.15) is 25.7 Å². The lowest BCUT2D eigenvalue weighted by Gasteiger charge is -2.43. The highest BCUT2D eigenvalue weighted by Gasteiger charge is 2.56. The van der Waals surface area contributed by atoms with E-state index >= 15 is 0 Å². The van der Waals surface area contributed by atoms with Crippen molar-refractivity contribution in [1.29, 1.82) is 5.41 Å². The minimum Gasteiger partial charge on any atom is -0.331 e. The van der Waals surface area contributed by atoms with Gasteiger partial charge in [0.1, 0.15) is 11.4 Å². The Hall–Kier alpha value is -1.79. The zero-order chi connectivity index (χ0) is 14.5. The summed E-state index contributed by atoms with van der Waals surface area (Å²) in [5, 5.41) is 10.8. The third kappa shape index (κ3) is 1.83. The van der Waals surface area contributed by atoms with E-state index in [2.05, 4.69) is 5.32 Å². The Morgan fingerprint density at radius 1 is 1.35 bits per heavy atom. The van der Waals surface area contributed by atoms with Gasteiger partial charge < -0.3 is 14.7 Å². The van der Waals surface area contributed by atoms with Gasteiger partial charge in [0.05, 0.1) is 0 Å². The van der Waals surface area contributed by atoms with Crippen molar-refractivity contribution >= 4 is 17.9 Å². The SMILES string of the molecule is CN(C)C(=O)N1CCC2(CC1)C(=N)NC(=O)N2C1CC1. The molecule has 3 rings (SSSR count). The lowest BCUT2D eigenvalue weighted by molar-refractivity contribution is 0.0997. The van der Waals surface area contributed by atoms with Gasteiger partial charge in [-0.1, -0.05) is 0 Å². The molecule has 0 aromatic rings. The molecule has 0 aromatic heterocycles. The van der Waals surface area contributed by atoms with E-state index < -0.39 is 5.54 Å². The van der Waals surface area contributed by atoms with Gasteiger partial charge in [-0.15, -0.1) is 0 Å². The molecule has 4 amide bonds. The summed E-state index contributed by atoms with van der Waals surface area (Å²) in [5.41, 5.74) is -0.499. The standard InChI is InChI=1S/C13H21N5O2/c1-16(2)12(20)17-7-5-13(6-8-17)10(14)15-11(19)18(13)9-3-4-9/h9H,3-8H2,1-2H3,(H2,14,15,19). The Kier molecular flexibility index (Phi) is 2.88. The Bertz CT molecular complexity index is 463. The van der Waals surface area contributed by atoms with Gasteiger partial charge in [-0.25, -0.2) is 9.59 Å². The number of urea groups is 2. The van der Waals surface area contributed by atoms with Gasteiger partial charge in [-0.2, -0.15) is 0 Å². The molecule has 20 heavy (non-hydrogen) atoms. The summed E-state index contributed by atoms with van der Waals surface area (Å²) >= 11 is 0. The zero-order valence-electron chi connectivity index (χ0n) is 12.0. The Morgan fingerprint density at radius 2 is 1.95 bits per heavy atom. The first-order chi connectivity index (χ1) is 9.45. The monoisotopic (exact) mass is 279 g/mol. The number of amidine groups is 1. The molecule has 1 saturated carbocycles. The third-order valence-corrected chi connectivity index (χ3v) is 4.53. The van der Waals surface area contributed by atoms with Crippen molar-refractivity contribution < 1.29 is 9.59 Å². The predicted molar refractivity (Wildman–Crippen MR) is 73.7 cm³/mol. The molecule has 0 bridgehead atoms. The van der Waals surface area contributed by atoms with Crippen LogP contribution >= 0.6 is 0 Å². The van der Waals surface area contributed by atoms with Crippen LogP contribution in [0.15, 0.2) is 0 Å². The molecule has 0 unspecified atom stereocenters. The second-order valence-corrected chi connectivity index (χ2v) is 6.10. The quantitative estimate of drug-likeness (QED) is 0.739. The molecule has 0 aromatic carbocycles. The molecular formula is C13H21N5O2. The number of amides is 4. The van der Waals surface area contributed by atoms with E-state index in [0.717, 1.165) is 12.8 Å². The highest BCUT2D eigenvalue weighted by Crippen LogP contribution is 2.41. The van der Waals surface area contributed by atoms with Gasteiger partial charge in [-0.05, 0) is 25.7 Å². The number of nitrogens with one attached hydrogen (secondary N) is 2. The summed E-state index contributed by atoms with van der Waals surface area (Å²) in [5.74, 6) is 0.311. The van der Waals surface area contributed by atoms with Gasteiger partial charge in [0.2, 0.25) is 0 Å². The molecule has 3 fully saturated rings. The van der Waals surface area contributed by atoms with Crippen LogP contribution in [-0.2, 0) is 0 Å².